The number of likely N-dealkylation sites (N-methyl/N-ethyl adjacent to an activating group) is 1. The van der Waals surface area contributed by atoms with Crippen LogP contribution in [0.1, 0.15) is 49.9 Å². The third-order valence-corrected chi connectivity index (χ3v) is 6.51. The van der Waals surface area contributed by atoms with Gasteiger partial charge in [0.2, 0.25) is 5.91 Å². The van der Waals surface area contributed by atoms with Crippen molar-refractivity contribution in [3.05, 3.63) is 35.8 Å². The van der Waals surface area contributed by atoms with Gasteiger partial charge in [0.25, 0.3) is 0 Å². The maximum absolute atomic E-state index is 12.4. The molecule has 0 spiro atoms. The highest BCUT2D eigenvalue weighted by Gasteiger charge is 2.27. The van der Waals surface area contributed by atoms with E-state index in [1.807, 2.05) is 48.3 Å². The third kappa shape index (κ3) is 4.73. The van der Waals surface area contributed by atoms with Crippen molar-refractivity contribution < 1.29 is 14.3 Å². The highest BCUT2D eigenvalue weighted by atomic mass is 16.5. The summed E-state index contributed by atoms with van der Waals surface area (Å²) in [5.41, 5.74) is 5.12. The maximum Gasteiger partial charge on any atom is 0.236 e. The second-order valence-corrected chi connectivity index (χ2v) is 9.52. The normalized spacial score (nSPS) is 14.9. The topological polar surface area (TPSA) is 83.6 Å². The van der Waals surface area contributed by atoms with E-state index in [0.717, 1.165) is 54.0 Å². The van der Waals surface area contributed by atoms with Gasteiger partial charge in [-0.1, -0.05) is 13.8 Å². The molecule has 0 radical (unpaired) electrons. The minimum atomic E-state index is 0.187. The van der Waals surface area contributed by atoms with Crippen LogP contribution in [-0.4, -0.2) is 78.6 Å². The Bertz CT molecular complexity index is 1160. The lowest BCUT2D eigenvalue weighted by Crippen LogP contribution is -2.42. The summed E-state index contributed by atoms with van der Waals surface area (Å²) >= 11 is 0. The van der Waals surface area contributed by atoms with E-state index in [0.29, 0.717) is 18.0 Å². The lowest BCUT2D eigenvalue weighted by atomic mass is 9.95. The zero-order valence-corrected chi connectivity index (χ0v) is 21.0. The molecule has 3 heterocycles. The van der Waals surface area contributed by atoms with Crippen LogP contribution >= 0.6 is 0 Å². The summed E-state index contributed by atoms with van der Waals surface area (Å²) in [6.45, 7) is 6.32. The van der Waals surface area contributed by atoms with E-state index in [-0.39, 0.29) is 17.7 Å². The molecular weight excluding hydrogens is 430 g/mol. The summed E-state index contributed by atoms with van der Waals surface area (Å²) in [6, 6.07) is 5.95. The quantitative estimate of drug-likeness (QED) is 0.567. The summed E-state index contributed by atoms with van der Waals surface area (Å²) in [5, 5.41) is 0. The van der Waals surface area contributed by atoms with Crippen molar-refractivity contribution in [1.29, 1.82) is 0 Å². The van der Waals surface area contributed by atoms with Crippen LogP contribution in [0.5, 0.6) is 11.5 Å². The second kappa shape index (κ2) is 10.0. The van der Waals surface area contributed by atoms with Gasteiger partial charge in [-0.2, -0.15) is 0 Å². The Kier molecular flexibility index (Phi) is 7.07. The van der Waals surface area contributed by atoms with Crippen molar-refractivity contribution >= 4 is 16.9 Å². The van der Waals surface area contributed by atoms with Crippen LogP contribution < -0.4 is 9.47 Å². The van der Waals surface area contributed by atoms with Crippen molar-refractivity contribution in [2.24, 2.45) is 0 Å². The minimum Gasteiger partial charge on any atom is -0.493 e. The Morgan fingerprint density at radius 1 is 1.18 bits per heavy atom. The van der Waals surface area contributed by atoms with Crippen molar-refractivity contribution in [1.82, 2.24) is 24.8 Å². The number of hydrogen-bond donors (Lipinski definition) is 1. The molecule has 34 heavy (non-hydrogen) atoms. The average molecular weight is 466 g/mol. The number of benzene rings is 1. The van der Waals surface area contributed by atoms with Crippen molar-refractivity contribution in [3.63, 3.8) is 0 Å². The monoisotopic (exact) mass is 465 g/mol. The molecule has 1 fully saturated rings. The van der Waals surface area contributed by atoms with Gasteiger partial charge in [0.1, 0.15) is 5.82 Å². The molecule has 2 aromatic heterocycles. The largest absolute Gasteiger partial charge is 0.493 e. The molecule has 182 valence electrons. The first kappa shape index (κ1) is 24.0. The molecule has 0 saturated carbocycles. The van der Waals surface area contributed by atoms with Gasteiger partial charge in [0.05, 0.1) is 43.7 Å². The first-order chi connectivity index (χ1) is 16.3. The number of aromatic nitrogens is 3. The zero-order valence-electron chi connectivity index (χ0n) is 21.0. The van der Waals surface area contributed by atoms with Crippen LogP contribution in [0, 0.1) is 0 Å². The van der Waals surface area contributed by atoms with Crippen LogP contribution in [0.25, 0.3) is 22.3 Å². The lowest BCUT2D eigenvalue weighted by molar-refractivity contribution is -0.132. The van der Waals surface area contributed by atoms with Crippen LogP contribution in [-0.2, 0) is 4.79 Å². The highest BCUT2D eigenvalue weighted by molar-refractivity contribution is 5.88. The number of carbonyl (C=O) groups is 1. The van der Waals surface area contributed by atoms with Crippen LogP contribution in [0.3, 0.4) is 0 Å². The number of nitrogens with zero attached hydrogens (tertiary/aromatic N) is 4. The minimum absolute atomic E-state index is 0.187. The van der Waals surface area contributed by atoms with Gasteiger partial charge in [-0.25, -0.2) is 9.97 Å². The molecule has 1 N–H and O–H groups in total. The smallest absolute Gasteiger partial charge is 0.236 e. The van der Waals surface area contributed by atoms with Gasteiger partial charge in [-0.15, -0.1) is 0 Å². The molecular formula is C26H35N5O3. The molecule has 4 rings (SSSR count). The molecule has 0 aliphatic carbocycles. The molecule has 0 atom stereocenters. The average Bonchev–Trinajstić information content (AvgIpc) is 3.22. The predicted molar refractivity (Wildman–Crippen MR) is 134 cm³/mol. The fourth-order valence-corrected chi connectivity index (χ4v) is 4.75. The summed E-state index contributed by atoms with van der Waals surface area (Å²) in [4.78, 5) is 29.6. The molecule has 1 aliphatic rings. The predicted octanol–water partition coefficient (Wildman–Crippen LogP) is 4.03. The molecule has 1 amide bonds. The molecule has 8 heteroatoms. The van der Waals surface area contributed by atoms with Crippen LogP contribution in [0.2, 0.25) is 0 Å². The number of amides is 1. The lowest BCUT2D eigenvalue weighted by Gasteiger charge is -2.32. The number of piperidine rings is 1. The Morgan fingerprint density at radius 2 is 1.88 bits per heavy atom. The second-order valence-electron chi connectivity index (χ2n) is 9.52. The molecule has 0 unspecified atom stereocenters. The molecule has 0 bridgehead atoms. The Labute approximate surface area is 201 Å². The van der Waals surface area contributed by atoms with E-state index >= 15 is 0 Å². The van der Waals surface area contributed by atoms with Gasteiger partial charge in [0, 0.05) is 30.1 Å². The number of fused-ring (bicyclic) bond motifs is 1. The van der Waals surface area contributed by atoms with E-state index in [1.54, 1.807) is 14.2 Å². The fraction of sp³-hybridized carbons (Fsp3) is 0.500. The number of H-pyrrole nitrogens is 1. The summed E-state index contributed by atoms with van der Waals surface area (Å²) in [5.74, 6) is 2.97. The number of hydrogen-bond acceptors (Lipinski definition) is 6. The van der Waals surface area contributed by atoms with E-state index in [4.69, 9.17) is 19.4 Å². The number of nitrogens with one attached hydrogen (secondary N) is 1. The standard InChI is InChI=1S/C26H35N5O3/c1-16(2)23-24(18-7-8-20(33-5)21(13-18)34-6)28-19-14-27-26(29-25(19)23)17-9-11-31(12-10-17)22(32)15-30(3)4/h7-8,13-14,16-17,28H,9-12,15H2,1-6H3. The highest BCUT2D eigenvalue weighted by Crippen LogP contribution is 2.39. The Hall–Kier alpha value is -3.13. The number of aromatic amines is 1. The Balaban J connectivity index is 1.64. The summed E-state index contributed by atoms with van der Waals surface area (Å²) in [6.07, 6.45) is 3.67. The molecule has 1 saturated heterocycles. The number of carbonyl (C=O) groups excluding carboxylic acids is 1. The number of methoxy groups -OCH3 is 2. The van der Waals surface area contributed by atoms with Gasteiger partial charge in [0.15, 0.2) is 11.5 Å². The van der Waals surface area contributed by atoms with Crippen molar-refractivity contribution in [2.45, 2.75) is 38.5 Å². The number of rotatable bonds is 7. The van der Waals surface area contributed by atoms with Crippen LogP contribution in [0.15, 0.2) is 24.4 Å². The van der Waals surface area contributed by atoms with Gasteiger partial charge in [-0.3, -0.25) is 4.79 Å². The fourth-order valence-electron chi connectivity index (χ4n) is 4.75. The number of likely N-dealkylation sites (tertiary alicyclic amines) is 1. The molecule has 8 nitrogen and oxygen atoms in total. The first-order valence-corrected chi connectivity index (χ1v) is 11.9. The van der Waals surface area contributed by atoms with Crippen molar-refractivity contribution in [2.75, 3.05) is 47.9 Å². The van der Waals surface area contributed by atoms with E-state index in [2.05, 4.69) is 18.8 Å². The SMILES string of the molecule is COc1ccc(-c2[nH]c3cnc(C4CCN(C(=O)CN(C)C)CC4)nc3c2C(C)C)cc1OC. The van der Waals surface area contributed by atoms with Crippen LogP contribution in [0.4, 0.5) is 0 Å². The van der Waals surface area contributed by atoms with Gasteiger partial charge >= 0.3 is 0 Å². The maximum atomic E-state index is 12.4. The number of ether oxygens (including phenoxy) is 2. The van der Waals surface area contributed by atoms with Gasteiger partial charge < -0.3 is 24.3 Å². The summed E-state index contributed by atoms with van der Waals surface area (Å²) in [7, 11) is 7.13. The first-order valence-electron chi connectivity index (χ1n) is 11.9. The molecule has 1 aromatic carbocycles. The Morgan fingerprint density at radius 3 is 2.50 bits per heavy atom. The zero-order chi connectivity index (χ0) is 24.4. The van der Waals surface area contributed by atoms with E-state index < -0.39 is 0 Å². The van der Waals surface area contributed by atoms with Gasteiger partial charge in [-0.05, 0) is 51.1 Å². The summed E-state index contributed by atoms with van der Waals surface area (Å²) < 4.78 is 10.9. The van der Waals surface area contributed by atoms with E-state index in [1.165, 1.54) is 5.56 Å². The van der Waals surface area contributed by atoms with E-state index in [9.17, 15) is 4.79 Å². The molecule has 3 aromatic rings. The van der Waals surface area contributed by atoms with Crippen molar-refractivity contribution in [3.8, 4) is 22.8 Å². The third-order valence-electron chi connectivity index (χ3n) is 6.51. The molecule has 1 aliphatic heterocycles.